The summed E-state index contributed by atoms with van der Waals surface area (Å²) in [6, 6.07) is 0. The zero-order valence-corrected chi connectivity index (χ0v) is 7.38. The van der Waals surface area contributed by atoms with Gasteiger partial charge in [-0.15, -0.1) is 0 Å². The van der Waals surface area contributed by atoms with E-state index in [2.05, 4.69) is 0 Å². The summed E-state index contributed by atoms with van der Waals surface area (Å²) in [5.41, 5.74) is 5.92. The van der Waals surface area contributed by atoms with Crippen LogP contribution in [-0.4, -0.2) is 31.5 Å². The number of ether oxygens (including phenoxy) is 1. The largest absolute Gasteiger partial charge is 0.396 e. The summed E-state index contributed by atoms with van der Waals surface area (Å²) in [6.07, 6.45) is 3.37. The summed E-state index contributed by atoms with van der Waals surface area (Å²) >= 11 is 0. The van der Waals surface area contributed by atoms with E-state index in [1.165, 1.54) is 6.42 Å². The lowest BCUT2D eigenvalue weighted by Crippen LogP contribution is -2.32. The molecule has 1 saturated heterocycles. The second-order valence-electron chi connectivity index (χ2n) is 4.26. The Kier molecular flexibility index (Phi) is 1.90. The van der Waals surface area contributed by atoms with Crippen molar-refractivity contribution < 1.29 is 9.84 Å². The molecule has 1 heterocycles. The molecule has 0 aromatic carbocycles. The average molecular weight is 171 g/mol. The zero-order chi connectivity index (χ0) is 8.66. The van der Waals surface area contributed by atoms with Crippen LogP contribution >= 0.6 is 0 Å². The van der Waals surface area contributed by atoms with Crippen molar-refractivity contribution in [1.29, 1.82) is 0 Å². The Hall–Kier alpha value is -0.120. The fourth-order valence-electron chi connectivity index (χ4n) is 2.59. The average Bonchev–Trinajstić information content (AvgIpc) is 2.75. The van der Waals surface area contributed by atoms with E-state index in [4.69, 9.17) is 10.5 Å². The fraction of sp³-hybridized carbons (Fsp3) is 1.00. The molecule has 0 aromatic rings. The maximum Gasteiger partial charge on any atom is 0.0529 e. The molecule has 2 aliphatic rings. The van der Waals surface area contributed by atoms with Crippen LogP contribution in [0.1, 0.15) is 19.3 Å². The summed E-state index contributed by atoms with van der Waals surface area (Å²) in [5.74, 6) is 0. The minimum Gasteiger partial charge on any atom is -0.396 e. The van der Waals surface area contributed by atoms with Crippen LogP contribution < -0.4 is 5.73 Å². The number of hydrogen-bond acceptors (Lipinski definition) is 3. The van der Waals surface area contributed by atoms with Crippen molar-refractivity contribution in [3.63, 3.8) is 0 Å². The van der Waals surface area contributed by atoms with Crippen LogP contribution in [0.4, 0.5) is 0 Å². The van der Waals surface area contributed by atoms with Gasteiger partial charge in [-0.1, -0.05) is 0 Å². The molecule has 3 N–H and O–H groups in total. The molecule has 2 fully saturated rings. The summed E-state index contributed by atoms with van der Waals surface area (Å²) in [5, 5.41) is 9.24. The van der Waals surface area contributed by atoms with Crippen molar-refractivity contribution in [2.24, 2.45) is 16.6 Å². The first kappa shape index (κ1) is 8.48. The number of hydrogen-bond donors (Lipinski definition) is 2. The van der Waals surface area contributed by atoms with Gasteiger partial charge < -0.3 is 15.6 Å². The van der Waals surface area contributed by atoms with Gasteiger partial charge in [0, 0.05) is 24.0 Å². The van der Waals surface area contributed by atoms with Crippen molar-refractivity contribution >= 4 is 0 Å². The lowest BCUT2D eigenvalue weighted by molar-refractivity contribution is 0.0144. The molecular formula is C9H17NO2. The molecule has 0 radical (unpaired) electrons. The summed E-state index contributed by atoms with van der Waals surface area (Å²) < 4.78 is 5.44. The van der Waals surface area contributed by atoms with Crippen molar-refractivity contribution in [3.05, 3.63) is 0 Å². The van der Waals surface area contributed by atoms with Gasteiger partial charge in [-0.2, -0.15) is 0 Å². The van der Waals surface area contributed by atoms with E-state index in [-0.39, 0.29) is 17.4 Å². The van der Waals surface area contributed by atoms with Gasteiger partial charge in [-0.25, -0.2) is 0 Å². The normalized spacial score (nSPS) is 46.5. The SMILES string of the molecule is NCC1(CO)CC12CCCOC2. The first-order valence-electron chi connectivity index (χ1n) is 4.67. The summed E-state index contributed by atoms with van der Waals surface area (Å²) in [6.45, 7) is 2.53. The van der Waals surface area contributed by atoms with Gasteiger partial charge in [0.25, 0.3) is 0 Å². The Balaban J connectivity index is 2.05. The highest BCUT2D eigenvalue weighted by Gasteiger charge is 2.66. The van der Waals surface area contributed by atoms with Crippen LogP contribution in [0.2, 0.25) is 0 Å². The van der Waals surface area contributed by atoms with E-state index < -0.39 is 0 Å². The van der Waals surface area contributed by atoms with Gasteiger partial charge in [0.1, 0.15) is 0 Å². The van der Waals surface area contributed by atoms with Crippen LogP contribution in [0.25, 0.3) is 0 Å². The lowest BCUT2D eigenvalue weighted by Gasteiger charge is -2.27. The standard InChI is InChI=1S/C9H17NO2/c10-5-9(6-11)4-8(9)2-1-3-12-7-8/h11H,1-7,10H2. The van der Waals surface area contributed by atoms with E-state index in [1.807, 2.05) is 0 Å². The van der Waals surface area contributed by atoms with Crippen LogP contribution in [0.5, 0.6) is 0 Å². The molecule has 12 heavy (non-hydrogen) atoms. The maximum absolute atomic E-state index is 9.24. The number of aliphatic hydroxyl groups excluding tert-OH is 1. The highest BCUT2D eigenvalue weighted by atomic mass is 16.5. The van der Waals surface area contributed by atoms with Gasteiger partial charge in [-0.05, 0) is 19.3 Å². The minimum atomic E-state index is 0.00736. The fourth-order valence-corrected chi connectivity index (χ4v) is 2.59. The monoisotopic (exact) mass is 171 g/mol. The van der Waals surface area contributed by atoms with Gasteiger partial charge in [0.05, 0.1) is 13.2 Å². The van der Waals surface area contributed by atoms with E-state index in [1.54, 1.807) is 0 Å². The highest BCUT2D eigenvalue weighted by molar-refractivity contribution is 5.15. The highest BCUT2D eigenvalue weighted by Crippen LogP contribution is 2.66. The van der Waals surface area contributed by atoms with Crippen LogP contribution in [-0.2, 0) is 4.74 Å². The second-order valence-corrected chi connectivity index (χ2v) is 4.26. The van der Waals surface area contributed by atoms with Crippen LogP contribution in [0, 0.1) is 10.8 Å². The van der Waals surface area contributed by atoms with Gasteiger partial charge in [0.15, 0.2) is 0 Å². The summed E-state index contributed by atoms with van der Waals surface area (Å²) in [4.78, 5) is 0. The van der Waals surface area contributed by atoms with Gasteiger partial charge in [-0.3, -0.25) is 0 Å². The lowest BCUT2D eigenvalue weighted by atomic mass is 9.88. The Labute approximate surface area is 72.9 Å². The first-order chi connectivity index (χ1) is 5.79. The Morgan fingerprint density at radius 1 is 1.50 bits per heavy atom. The third-order valence-electron chi connectivity index (χ3n) is 3.69. The molecule has 1 aliphatic heterocycles. The van der Waals surface area contributed by atoms with Crippen molar-refractivity contribution in [1.82, 2.24) is 0 Å². The van der Waals surface area contributed by atoms with Gasteiger partial charge >= 0.3 is 0 Å². The molecule has 1 spiro atoms. The third kappa shape index (κ3) is 0.934. The van der Waals surface area contributed by atoms with Crippen LogP contribution in [0.15, 0.2) is 0 Å². The molecule has 2 rings (SSSR count). The zero-order valence-electron chi connectivity index (χ0n) is 7.38. The van der Waals surface area contributed by atoms with Crippen LogP contribution in [0.3, 0.4) is 0 Å². The molecule has 0 amide bonds. The molecule has 3 nitrogen and oxygen atoms in total. The summed E-state index contributed by atoms with van der Waals surface area (Å²) in [7, 11) is 0. The molecular weight excluding hydrogens is 154 g/mol. The molecule has 1 saturated carbocycles. The maximum atomic E-state index is 9.24. The molecule has 0 bridgehead atoms. The Bertz CT molecular complexity index is 171. The molecule has 0 aromatic heterocycles. The first-order valence-corrected chi connectivity index (χ1v) is 4.67. The predicted molar refractivity (Wildman–Crippen MR) is 45.7 cm³/mol. The number of aliphatic hydroxyl groups is 1. The smallest absolute Gasteiger partial charge is 0.0529 e. The molecule has 2 atom stereocenters. The predicted octanol–water partition coefficient (Wildman–Crippen LogP) is 0.124. The van der Waals surface area contributed by atoms with E-state index in [0.717, 1.165) is 26.1 Å². The number of rotatable bonds is 2. The van der Waals surface area contributed by atoms with Crippen molar-refractivity contribution in [3.8, 4) is 0 Å². The Morgan fingerprint density at radius 3 is 2.75 bits per heavy atom. The second kappa shape index (κ2) is 2.69. The molecule has 70 valence electrons. The minimum absolute atomic E-state index is 0.00736. The van der Waals surface area contributed by atoms with E-state index in [9.17, 15) is 5.11 Å². The molecule has 2 unspecified atom stereocenters. The van der Waals surface area contributed by atoms with E-state index in [0.29, 0.717) is 6.54 Å². The molecule has 1 aliphatic carbocycles. The van der Waals surface area contributed by atoms with E-state index >= 15 is 0 Å². The number of nitrogens with two attached hydrogens (primary N) is 1. The Morgan fingerprint density at radius 2 is 2.33 bits per heavy atom. The van der Waals surface area contributed by atoms with Gasteiger partial charge in [0.2, 0.25) is 0 Å². The topological polar surface area (TPSA) is 55.5 Å². The quantitative estimate of drug-likeness (QED) is 0.620. The van der Waals surface area contributed by atoms with Crippen molar-refractivity contribution in [2.45, 2.75) is 19.3 Å². The van der Waals surface area contributed by atoms with Crippen molar-refractivity contribution in [2.75, 3.05) is 26.4 Å². The molecule has 3 heteroatoms. The third-order valence-corrected chi connectivity index (χ3v) is 3.69.